The minimum absolute atomic E-state index is 0.0987. The van der Waals surface area contributed by atoms with Crippen molar-refractivity contribution in [3.05, 3.63) is 82.6 Å². The lowest BCUT2D eigenvalue weighted by Crippen LogP contribution is -2.49. The molecule has 2 aromatic carbocycles. The van der Waals surface area contributed by atoms with Gasteiger partial charge in [0.05, 0.1) is 48.4 Å². The molecule has 0 radical (unpaired) electrons. The molecule has 2 amide bonds. The Balaban J connectivity index is 1.28. The van der Waals surface area contributed by atoms with Crippen molar-refractivity contribution >= 4 is 40.4 Å². The predicted octanol–water partition coefficient (Wildman–Crippen LogP) is 4.52. The monoisotopic (exact) mass is 568 g/mol. The highest BCUT2D eigenvalue weighted by Gasteiger charge is 2.32. The summed E-state index contributed by atoms with van der Waals surface area (Å²) >= 11 is 0. The van der Waals surface area contributed by atoms with Gasteiger partial charge in [-0.3, -0.25) is 14.5 Å². The Morgan fingerprint density at radius 1 is 1.10 bits per heavy atom. The first-order valence-electron chi connectivity index (χ1n) is 14.5. The van der Waals surface area contributed by atoms with E-state index in [1.807, 2.05) is 37.0 Å². The van der Waals surface area contributed by atoms with Crippen molar-refractivity contribution in [3.63, 3.8) is 0 Å². The van der Waals surface area contributed by atoms with Gasteiger partial charge in [-0.1, -0.05) is 24.3 Å². The van der Waals surface area contributed by atoms with Crippen LogP contribution in [-0.4, -0.2) is 68.2 Å². The van der Waals surface area contributed by atoms with E-state index in [-0.39, 0.29) is 24.0 Å². The molecule has 3 heterocycles. The van der Waals surface area contributed by atoms with Crippen LogP contribution in [0.15, 0.2) is 65.9 Å². The van der Waals surface area contributed by atoms with Crippen LogP contribution in [0.3, 0.4) is 0 Å². The van der Waals surface area contributed by atoms with E-state index < -0.39 is 5.97 Å². The first kappa shape index (κ1) is 27.9. The highest BCUT2D eigenvalue weighted by molar-refractivity contribution is 6.33. The van der Waals surface area contributed by atoms with E-state index in [2.05, 4.69) is 33.8 Å². The fourth-order valence-corrected chi connectivity index (χ4v) is 6.32. The molecule has 2 atom stereocenters. The van der Waals surface area contributed by atoms with Crippen molar-refractivity contribution in [1.82, 2.24) is 4.90 Å². The van der Waals surface area contributed by atoms with Gasteiger partial charge in [-0.15, -0.1) is 0 Å². The van der Waals surface area contributed by atoms with E-state index in [1.54, 1.807) is 18.2 Å². The van der Waals surface area contributed by atoms with Gasteiger partial charge in [0.15, 0.2) is 0 Å². The summed E-state index contributed by atoms with van der Waals surface area (Å²) in [7, 11) is 1.33. The standard InChI is InChI=1S/C33H36N4O5/c1-20-17-36(18-21(2)42-20)19-29(38)37-14-13-23-15-25(10-12-28(23)37)34-31(22-7-5-4-6-8-22)30-26-11-9-24(33(40)41-3)16-27(26)35-32(30)39/h5,7-12,15-16,20-21,34H,4,6,13-14,17-19H2,1-3H3,(H,35,39)/b31-30-. The molecule has 4 aliphatic rings. The number of esters is 1. The van der Waals surface area contributed by atoms with E-state index in [0.717, 1.165) is 60.4 Å². The Morgan fingerprint density at radius 3 is 2.64 bits per heavy atom. The number of benzene rings is 2. The van der Waals surface area contributed by atoms with Crippen molar-refractivity contribution < 1.29 is 23.9 Å². The number of hydrogen-bond acceptors (Lipinski definition) is 7. The first-order chi connectivity index (χ1) is 20.3. The Kier molecular flexibility index (Phi) is 7.70. The van der Waals surface area contributed by atoms with Crippen molar-refractivity contribution in [2.24, 2.45) is 0 Å². The number of nitrogens with one attached hydrogen (secondary N) is 2. The van der Waals surface area contributed by atoms with Crippen LogP contribution in [0, 0.1) is 0 Å². The lowest BCUT2D eigenvalue weighted by Gasteiger charge is -2.35. The largest absolute Gasteiger partial charge is 0.465 e. The van der Waals surface area contributed by atoms with Gasteiger partial charge in [0, 0.05) is 36.6 Å². The third kappa shape index (κ3) is 5.49. The lowest BCUT2D eigenvalue weighted by molar-refractivity contribution is -0.123. The van der Waals surface area contributed by atoms with Crippen molar-refractivity contribution in [1.29, 1.82) is 0 Å². The van der Waals surface area contributed by atoms with Gasteiger partial charge in [-0.05, 0) is 74.6 Å². The highest BCUT2D eigenvalue weighted by atomic mass is 16.5. The minimum Gasteiger partial charge on any atom is -0.465 e. The second kappa shape index (κ2) is 11.6. The number of anilines is 3. The quantitative estimate of drug-likeness (QED) is 0.390. The number of allylic oxidation sites excluding steroid dienone is 3. The number of nitrogens with zero attached hydrogens (tertiary/aromatic N) is 2. The first-order valence-corrected chi connectivity index (χ1v) is 14.5. The summed E-state index contributed by atoms with van der Waals surface area (Å²) in [4.78, 5) is 42.8. The summed E-state index contributed by atoms with van der Waals surface area (Å²) in [5.41, 5.74) is 6.69. The molecular formula is C33H36N4O5. The summed E-state index contributed by atoms with van der Waals surface area (Å²) in [5, 5.41) is 6.46. The molecule has 9 nitrogen and oxygen atoms in total. The van der Waals surface area contributed by atoms with Crippen LogP contribution in [-0.2, 0) is 25.5 Å². The Hall–Kier alpha value is -4.21. The summed E-state index contributed by atoms with van der Waals surface area (Å²) in [6.45, 7) is 6.61. The molecule has 2 unspecified atom stereocenters. The zero-order valence-corrected chi connectivity index (χ0v) is 24.2. The maximum Gasteiger partial charge on any atom is 0.337 e. The fourth-order valence-electron chi connectivity index (χ4n) is 6.32. The lowest BCUT2D eigenvalue weighted by atomic mass is 9.96. The van der Waals surface area contributed by atoms with Gasteiger partial charge < -0.3 is 25.0 Å². The average molecular weight is 569 g/mol. The summed E-state index contributed by atoms with van der Waals surface area (Å²) < 4.78 is 10.7. The van der Waals surface area contributed by atoms with Crippen LogP contribution in [0.1, 0.15) is 48.2 Å². The number of carbonyl (C=O) groups is 3. The predicted molar refractivity (Wildman–Crippen MR) is 162 cm³/mol. The molecule has 9 heteroatoms. The number of fused-ring (bicyclic) bond motifs is 2. The van der Waals surface area contributed by atoms with Crippen LogP contribution < -0.4 is 15.5 Å². The molecule has 1 saturated heterocycles. The van der Waals surface area contributed by atoms with E-state index >= 15 is 0 Å². The zero-order valence-electron chi connectivity index (χ0n) is 24.2. The molecule has 0 spiro atoms. The molecule has 0 aromatic heterocycles. The number of morpholine rings is 1. The molecule has 0 bridgehead atoms. The Labute approximate surface area is 245 Å². The van der Waals surface area contributed by atoms with Crippen LogP contribution in [0.4, 0.5) is 17.1 Å². The minimum atomic E-state index is -0.458. The third-order valence-electron chi connectivity index (χ3n) is 8.12. The third-order valence-corrected chi connectivity index (χ3v) is 8.12. The van der Waals surface area contributed by atoms with Gasteiger partial charge in [0.2, 0.25) is 5.91 Å². The SMILES string of the molecule is COC(=O)c1ccc2c(c1)NC(=O)/C2=C(\Nc1ccc2c(c1)CCN2C(=O)CN1CC(C)OC(C)C1)C1=CCCC=C1. The fraction of sp³-hybridized carbons (Fsp3) is 0.364. The van der Waals surface area contributed by atoms with Crippen molar-refractivity contribution in [2.75, 3.05) is 48.8 Å². The smallest absolute Gasteiger partial charge is 0.337 e. The Morgan fingerprint density at radius 2 is 1.90 bits per heavy atom. The summed E-state index contributed by atoms with van der Waals surface area (Å²) in [6.07, 6.45) is 9.09. The second-order valence-electron chi connectivity index (χ2n) is 11.3. The number of amides is 2. The molecule has 42 heavy (non-hydrogen) atoms. The molecule has 1 aliphatic carbocycles. The van der Waals surface area contributed by atoms with E-state index in [0.29, 0.717) is 35.6 Å². The van der Waals surface area contributed by atoms with Crippen LogP contribution in [0.2, 0.25) is 0 Å². The van der Waals surface area contributed by atoms with Crippen molar-refractivity contribution in [3.8, 4) is 0 Å². The van der Waals surface area contributed by atoms with Gasteiger partial charge >= 0.3 is 5.97 Å². The summed E-state index contributed by atoms with van der Waals surface area (Å²) in [5.74, 6) is -0.596. The molecule has 0 saturated carbocycles. The second-order valence-corrected chi connectivity index (χ2v) is 11.3. The number of hydrogen-bond donors (Lipinski definition) is 2. The van der Waals surface area contributed by atoms with E-state index in [1.165, 1.54) is 7.11 Å². The average Bonchev–Trinajstić information content (AvgIpc) is 3.55. The number of carbonyl (C=O) groups excluding carboxylic acids is 3. The maximum absolute atomic E-state index is 13.3. The maximum atomic E-state index is 13.3. The number of ether oxygens (including phenoxy) is 2. The van der Waals surface area contributed by atoms with Crippen molar-refractivity contribution in [2.45, 2.75) is 45.3 Å². The molecule has 3 aliphatic heterocycles. The Bertz CT molecular complexity index is 1530. The molecular weight excluding hydrogens is 532 g/mol. The summed E-state index contributed by atoms with van der Waals surface area (Å²) in [6, 6.07) is 11.1. The van der Waals surface area contributed by atoms with Crippen LogP contribution >= 0.6 is 0 Å². The van der Waals surface area contributed by atoms with Crippen LogP contribution in [0.5, 0.6) is 0 Å². The number of rotatable bonds is 6. The molecule has 218 valence electrons. The van der Waals surface area contributed by atoms with E-state index in [4.69, 9.17) is 9.47 Å². The van der Waals surface area contributed by atoms with Gasteiger partial charge in [-0.2, -0.15) is 0 Å². The van der Waals surface area contributed by atoms with E-state index in [9.17, 15) is 14.4 Å². The normalized spacial score (nSPS) is 22.7. The van der Waals surface area contributed by atoms with Gasteiger partial charge in [0.1, 0.15) is 0 Å². The molecule has 1 fully saturated rings. The highest BCUT2D eigenvalue weighted by Crippen LogP contribution is 2.39. The van der Waals surface area contributed by atoms with Gasteiger partial charge in [0.25, 0.3) is 5.91 Å². The zero-order chi connectivity index (χ0) is 29.4. The molecule has 2 N–H and O–H groups in total. The number of methoxy groups -OCH3 is 1. The van der Waals surface area contributed by atoms with Gasteiger partial charge in [-0.25, -0.2) is 4.79 Å². The topological polar surface area (TPSA) is 100 Å². The molecule has 6 rings (SSSR count). The van der Waals surface area contributed by atoms with Crippen LogP contribution in [0.25, 0.3) is 5.57 Å². The molecule has 2 aromatic rings.